The number of nitrogens with one attached hydrogen (secondary N) is 2. The van der Waals surface area contributed by atoms with Crippen molar-refractivity contribution in [3.63, 3.8) is 0 Å². The van der Waals surface area contributed by atoms with Crippen LogP contribution in [0.25, 0.3) is 0 Å². The number of nitrogens with zero attached hydrogens (tertiary/aromatic N) is 4. The van der Waals surface area contributed by atoms with Crippen molar-refractivity contribution in [2.45, 2.75) is 26.7 Å². The van der Waals surface area contributed by atoms with E-state index in [1.807, 2.05) is 0 Å². The molecule has 108 valence electrons. The van der Waals surface area contributed by atoms with Crippen molar-refractivity contribution >= 4 is 11.8 Å². The monoisotopic (exact) mass is 266 g/mol. The van der Waals surface area contributed by atoms with Gasteiger partial charge >= 0.3 is 0 Å². The minimum atomic E-state index is 0.596. The highest BCUT2D eigenvalue weighted by molar-refractivity contribution is 5.36. The fourth-order valence-corrected chi connectivity index (χ4v) is 1.55. The average Bonchev–Trinajstić information content (AvgIpc) is 2.34. The van der Waals surface area contributed by atoms with E-state index in [0.29, 0.717) is 11.9 Å². The van der Waals surface area contributed by atoms with Gasteiger partial charge in [-0.25, -0.2) is 0 Å². The van der Waals surface area contributed by atoms with Gasteiger partial charge in [-0.15, -0.1) is 5.10 Å². The van der Waals surface area contributed by atoms with Gasteiger partial charge in [0.1, 0.15) is 0 Å². The minimum absolute atomic E-state index is 0.596. The molecule has 1 aromatic rings. The summed E-state index contributed by atoms with van der Waals surface area (Å²) < 4.78 is 0. The molecule has 6 heteroatoms. The van der Waals surface area contributed by atoms with Gasteiger partial charge in [-0.05, 0) is 39.4 Å². The molecule has 1 heterocycles. The highest BCUT2D eigenvalue weighted by Crippen LogP contribution is 2.05. The Morgan fingerprint density at radius 3 is 2.68 bits per heavy atom. The zero-order chi connectivity index (χ0) is 14.1. The van der Waals surface area contributed by atoms with Crippen LogP contribution >= 0.6 is 0 Å². The third-order valence-electron chi connectivity index (χ3n) is 2.65. The number of hydrogen-bond donors (Lipinski definition) is 2. The molecule has 0 aliphatic rings. The van der Waals surface area contributed by atoms with Crippen molar-refractivity contribution in [2.75, 3.05) is 44.4 Å². The first-order chi connectivity index (χ1) is 9.08. The smallest absolute Gasteiger partial charge is 0.244 e. The van der Waals surface area contributed by atoms with Gasteiger partial charge in [-0.2, -0.15) is 10.1 Å². The minimum Gasteiger partial charge on any atom is -0.369 e. The summed E-state index contributed by atoms with van der Waals surface area (Å²) in [5.74, 6) is 2.05. The first kappa shape index (κ1) is 15.6. The lowest BCUT2D eigenvalue weighted by atomic mass is 10.1. The van der Waals surface area contributed by atoms with Crippen LogP contribution in [0.4, 0.5) is 11.8 Å². The van der Waals surface area contributed by atoms with E-state index >= 15 is 0 Å². The molecule has 1 aromatic heterocycles. The fraction of sp³-hybridized carbons (Fsp3) is 0.769. The highest BCUT2D eigenvalue weighted by atomic mass is 15.3. The molecular weight excluding hydrogens is 240 g/mol. The third-order valence-corrected chi connectivity index (χ3v) is 2.65. The van der Waals surface area contributed by atoms with Crippen LogP contribution in [-0.4, -0.2) is 53.8 Å². The van der Waals surface area contributed by atoms with Crippen LogP contribution in [0.2, 0.25) is 0 Å². The molecule has 0 aliphatic carbocycles. The Hall–Kier alpha value is -1.43. The van der Waals surface area contributed by atoms with Gasteiger partial charge in [-0.3, -0.25) is 0 Å². The van der Waals surface area contributed by atoms with Gasteiger partial charge in [0.2, 0.25) is 5.95 Å². The van der Waals surface area contributed by atoms with Gasteiger partial charge in [0.15, 0.2) is 5.82 Å². The van der Waals surface area contributed by atoms with E-state index in [-0.39, 0.29) is 0 Å². The van der Waals surface area contributed by atoms with Gasteiger partial charge < -0.3 is 15.5 Å². The van der Waals surface area contributed by atoms with Crippen LogP contribution in [0.3, 0.4) is 0 Å². The lowest BCUT2D eigenvalue weighted by Crippen LogP contribution is -2.17. The van der Waals surface area contributed by atoms with Crippen LogP contribution in [0, 0.1) is 5.92 Å². The summed E-state index contributed by atoms with van der Waals surface area (Å²) in [5, 5.41) is 14.4. The van der Waals surface area contributed by atoms with Crippen molar-refractivity contribution in [1.82, 2.24) is 20.1 Å². The zero-order valence-electron chi connectivity index (χ0n) is 12.5. The predicted octanol–water partition coefficient (Wildman–Crippen LogP) is 1.69. The molecule has 0 amide bonds. The van der Waals surface area contributed by atoms with E-state index in [0.717, 1.165) is 38.3 Å². The second kappa shape index (κ2) is 8.63. The maximum atomic E-state index is 4.38. The largest absolute Gasteiger partial charge is 0.369 e. The van der Waals surface area contributed by atoms with Crippen molar-refractivity contribution < 1.29 is 0 Å². The molecule has 0 saturated carbocycles. The molecule has 0 radical (unpaired) electrons. The standard InChI is InChI=1S/C13H26N6/c1-11(2)6-8-15-13-17-12(10-16-18-13)14-7-5-9-19(3)4/h10-11H,5-9H2,1-4H3,(H2,14,15,17,18). The maximum absolute atomic E-state index is 4.38. The van der Waals surface area contributed by atoms with Crippen molar-refractivity contribution in [3.05, 3.63) is 6.20 Å². The first-order valence-electron chi connectivity index (χ1n) is 6.90. The van der Waals surface area contributed by atoms with E-state index in [9.17, 15) is 0 Å². The third kappa shape index (κ3) is 7.56. The maximum Gasteiger partial charge on any atom is 0.244 e. The molecule has 1 rings (SSSR count). The number of anilines is 2. The highest BCUT2D eigenvalue weighted by Gasteiger charge is 2.00. The summed E-state index contributed by atoms with van der Waals surface area (Å²) in [6.07, 6.45) is 3.83. The number of rotatable bonds is 9. The summed E-state index contributed by atoms with van der Waals surface area (Å²) in [7, 11) is 4.14. The van der Waals surface area contributed by atoms with Crippen LogP contribution in [0.15, 0.2) is 6.20 Å². The average molecular weight is 266 g/mol. The molecule has 0 fully saturated rings. The van der Waals surface area contributed by atoms with E-state index < -0.39 is 0 Å². The summed E-state index contributed by atoms with van der Waals surface area (Å²) in [6.45, 7) is 7.23. The molecule has 0 spiro atoms. The van der Waals surface area contributed by atoms with Gasteiger partial charge in [0.25, 0.3) is 0 Å². The van der Waals surface area contributed by atoms with E-state index in [1.165, 1.54) is 0 Å². The second-order valence-electron chi connectivity index (χ2n) is 5.36. The van der Waals surface area contributed by atoms with E-state index in [2.05, 4.69) is 58.7 Å². The molecule has 2 N–H and O–H groups in total. The Kier molecular flexibility index (Phi) is 7.10. The van der Waals surface area contributed by atoms with Crippen molar-refractivity contribution in [3.8, 4) is 0 Å². The Morgan fingerprint density at radius 1 is 1.21 bits per heavy atom. The normalized spacial score (nSPS) is 11.1. The zero-order valence-corrected chi connectivity index (χ0v) is 12.5. The molecule has 0 saturated heterocycles. The van der Waals surface area contributed by atoms with Crippen LogP contribution in [0.5, 0.6) is 0 Å². The molecular formula is C13H26N6. The van der Waals surface area contributed by atoms with Gasteiger partial charge in [-0.1, -0.05) is 13.8 Å². The lowest BCUT2D eigenvalue weighted by Gasteiger charge is -2.10. The van der Waals surface area contributed by atoms with Gasteiger partial charge in [0.05, 0.1) is 6.20 Å². The number of aromatic nitrogens is 3. The SMILES string of the molecule is CC(C)CCNc1nncc(NCCCN(C)C)n1. The molecule has 0 bridgehead atoms. The molecule has 19 heavy (non-hydrogen) atoms. The summed E-state index contributed by atoms with van der Waals surface area (Å²) >= 11 is 0. The van der Waals surface area contributed by atoms with Crippen LogP contribution in [-0.2, 0) is 0 Å². The van der Waals surface area contributed by atoms with E-state index in [4.69, 9.17) is 0 Å². The molecule has 0 atom stereocenters. The lowest BCUT2D eigenvalue weighted by molar-refractivity contribution is 0.405. The van der Waals surface area contributed by atoms with Crippen molar-refractivity contribution in [1.29, 1.82) is 0 Å². The Morgan fingerprint density at radius 2 is 2.00 bits per heavy atom. The number of hydrogen-bond acceptors (Lipinski definition) is 6. The Balaban J connectivity index is 2.31. The molecule has 0 aliphatic heterocycles. The quantitative estimate of drug-likeness (QED) is 0.663. The fourth-order valence-electron chi connectivity index (χ4n) is 1.55. The molecule has 0 unspecified atom stereocenters. The van der Waals surface area contributed by atoms with Crippen LogP contribution < -0.4 is 10.6 Å². The predicted molar refractivity (Wildman–Crippen MR) is 79.4 cm³/mol. The summed E-state index contributed by atoms with van der Waals surface area (Å²) in [6, 6.07) is 0. The van der Waals surface area contributed by atoms with Gasteiger partial charge in [0, 0.05) is 13.1 Å². The first-order valence-corrected chi connectivity index (χ1v) is 6.90. The molecule has 6 nitrogen and oxygen atoms in total. The van der Waals surface area contributed by atoms with Crippen molar-refractivity contribution in [2.24, 2.45) is 5.92 Å². The second-order valence-corrected chi connectivity index (χ2v) is 5.36. The summed E-state index contributed by atoms with van der Waals surface area (Å²) in [5.41, 5.74) is 0. The topological polar surface area (TPSA) is 66.0 Å². The molecule has 0 aromatic carbocycles. The Labute approximate surface area is 116 Å². The Bertz CT molecular complexity index is 353. The van der Waals surface area contributed by atoms with E-state index in [1.54, 1.807) is 6.20 Å². The summed E-state index contributed by atoms with van der Waals surface area (Å²) in [4.78, 5) is 6.54. The van der Waals surface area contributed by atoms with Crippen LogP contribution in [0.1, 0.15) is 26.7 Å².